The molecular weight excluding hydrogens is 255 g/mol. The van der Waals surface area contributed by atoms with Crippen LogP contribution in [0.4, 0.5) is 4.39 Å². The molecule has 0 aliphatic rings. The summed E-state index contributed by atoms with van der Waals surface area (Å²) in [4.78, 5) is 22.1. The van der Waals surface area contributed by atoms with Crippen LogP contribution < -0.4 is 10.2 Å². The van der Waals surface area contributed by atoms with Gasteiger partial charge in [0.15, 0.2) is 0 Å². The van der Waals surface area contributed by atoms with Gasteiger partial charge in [0.25, 0.3) is 0 Å². The number of carboxylic acids is 1. The van der Waals surface area contributed by atoms with E-state index >= 15 is 0 Å². The van der Waals surface area contributed by atoms with Gasteiger partial charge in [-0.2, -0.15) is 0 Å². The molecule has 0 spiro atoms. The second-order valence-corrected chi connectivity index (χ2v) is 3.69. The van der Waals surface area contributed by atoms with E-state index in [1.54, 1.807) is 0 Å². The number of carbonyl (C=O) groups is 1. The number of rotatable bonds is 4. The number of halogens is 1. The maximum Gasteiger partial charge on any atom is 0.371 e. The molecule has 1 aromatic carbocycles. The van der Waals surface area contributed by atoms with E-state index in [9.17, 15) is 14.0 Å². The molecule has 0 bridgehead atoms. The van der Waals surface area contributed by atoms with Crippen molar-refractivity contribution in [3.8, 4) is 5.75 Å². The number of benzene rings is 1. The fourth-order valence-electron chi connectivity index (χ4n) is 1.36. The lowest BCUT2D eigenvalue weighted by Gasteiger charge is -2.05. The molecule has 0 amide bonds. The van der Waals surface area contributed by atoms with Crippen molar-refractivity contribution in [2.45, 2.75) is 6.61 Å². The van der Waals surface area contributed by atoms with Crippen molar-refractivity contribution in [3.63, 3.8) is 0 Å². The van der Waals surface area contributed by atoms with E-state index in [1.165, 1.54) is 24.3 Å². The molecular formula is C13H9FO5. The predicted octanol–water partition coefficient (Wildman–Crippen LogP) is 2.06. The Morgan fingerprint density at radius 3 is 2.58 bits per heavy atom. The van der Waals surface area contributed by atoms with Gasteiger partial charge < -0.3 is 14.3 Å². The minimum Gasteiger partial charge on any atom is -0.482 e. The van der Waals surface area contributed by atoms with Crippen LogP contribution in [0.15, 0.2) is 45.8 Å². The standard InChI is InChI=1S/C13H9FO5/c14-9-3-1-8(2-4-9)6-18-12-7-19-11(13(16)17)5-10(12)15/h1-5,7H,6H2,(H,16,17). The number of hydrogen-bond acceptors (Lipinski definition) is 4. The molecule has 0 fully saturated rings. The fraction of sp³-hybridized carbons (Fsp3) is 0.0769. The first-order valence-corrected chi connectivity index (χ1v) is 5.29. The molecule has 0 unspecified atom stereocenters. The summed E-state index contributed by atoms with van der Waals surface area (Å²) in [5, 5.41) is 8.63. The van der Waals surface area contributed by atoms with Crippen molar-refractivity contribution in [3.05, 3.63) is 64.0 Å². The summed E-state index contributed by atoms with van der Waals surface area (Å²) < 4.78 is 22.6. The van der Waals surface area contributed by atoms with Crippen LogP contribution in [-0.4, -0.2) is 11.1 Å². The number of hydrogen-bond donors (Lipinski definition) is 1. The van der Waals surface area contributed by atoms with E-state index in [2.05, 4.69) is 0 Å². The summed E-state index contributed by atoms with van der Waals surface area (Å²) in [6, 6.07) is 6.41. The predicted molar refractivity (Wildman–Crippen MR) is 62.7 cm³/mol. The van der Waals surface area contributed by atoms with Gasteiger partial charge in [-0.25, -0.2) is 9.18 Å². The van der Waals surface area contributed by atoms with Crippen LogP contribution in [0.1, 0.15) is 16.1 Å². The maximum atomic E-state index is 12.7. The highest BCUT2D eigenvalue weighted by Gasteiger charge is 2.10. The minimum atomic E-state index is -1.33. The Morgan fingerprint density at radius 2 is 2.00 bits per heavy atom. The van der Waals surface area contributed by atoms with E-state index in [0.717, 1.165) is 12.3 Å². The van der Waals surface area contributed by atoms with Crippen LogP contribution in [0.2, 0.25) is 0 Å². The highest BCUT2D eigenvalue weighted by Crippen LogP contribution is 2.10. The molecule has 0 radical (unpaired) electrons. The monoisotopic (exact) mass is 264 g/mol. The molecule has 2 aromatic rings. The summed E-state index contributed by atoms with van der Waals surface area (Å²) in [5.74, 6) is -2.26. The highest BCUT2D eigenvalue weighted by atomic mass is 19.1. The Bertz CT molecular complexity index is 645. The van der Waals surface area contributed by atoms with E-state index in [0.29, 0.717) is 5.56 Å². The molecule has 0 atom stereocenters. The third kappa shape index (κ3) is 3.19. The molecule has 19 heavy (non-hydrogen) atoms. The van der Waals surface area contributed by atoms with Crippen LogP contribution in [0.3, 0.4) is 0 Å². The Kier molecular flexibility index (Phi) is 3.61. The van der Waals surface area contributed by atoms with Gasteiger partial charge in [0.2, 0.25) is 16.9 Å². The lowest BCUT2D eigenvalue weighted by Crippen LogP contribution is -2.10. The first-order chi connectivity index (χ1) is 9.06. The van der Waals surface area contributed by atoms with E-state index in [-0.39, 0.29) is 18.2 Å². The largest absolute Gasteiger partial charge is 0.482 e. The third-order valence-electron chi connectivity index (χ3n) is 2.32. The van der Waals surface area contributed by atoms with Crippen molar-refractivity contribution >= 4 is 5.97 Å². The van der Waals surface area contributed by atoms with Gasteiger partial charge >= 0.3 is 5.97 Å². The van der Waals surface area contributed by atoms with Crippen LogP contribution in [-0.2, 0) is 6.61 Å². The average Bonchev–Trinajstić information content (AvgIpc) is 2.39. The number of aromatic carboxylic acids is 1. The zero-order valence-corrected chi connectivity index (χ0v) is 9.63. The summed E-state index contributed by atoms with van der Waals surface area (Å²) in [6.07, 6.45) is 0.940. The van der Waals surface area contributed by atoms with Crippen LogP contribution in [0.5, 0.6) is 5.75 Å². The number of ether oxygens (including phenoxy) is 1. The van der Waals surface area contributed by atoms with Crippen molar-refractivity contribution in [1.29, 1.82) is 0 Å². The summed E-state index contributed by atoms with van der Waals surface area (Å²) in [5.41, 5.74) is 0.0777. The fourth-order valence-corrected chi connectivity index (χ4v) is 1.36. The molecule has 6 heteroatoms. The van der Waals surface area contributed by atoms with Crippen LogP contribution >= 0.6 is 0 Å². The second-order valence-electron chi connectivity index (χ2n) is 3.69. The molecule has 1 heterocycles. The Labute approximate surface area is 106 Å². The molecule has 0 saturated heterocycles. The first kappa shape index (κ1) is 12.8. The molecule has 1 N–H and O–H groups in total. The lowest BCUT2D eigenvalue weighted by molar-refractivity contribution is 0.0658. The van der Waals surface area contributed by atoms with Crippen LogP contribution in [0.25, 0.3) is 0 Å². The van der Waals surface area contributed by atoms with Crippen molar-refractivity contribution in [2.75, 3.05) is 0 Å². The summed E-state index contributed by atoms with van der Waals surface area (Å²) in [6.45, 7) is 0.0530. The molecule has 2 rings (SSSR count). The van der Waals surface area contributed by atoms with Crippen molar-refractivity contribution in [2.24, 2.45) is 0 Å². The van der Waals surface area contributed by atoms with Crippen molar-refractivity contribution < 1.29 is 23.4 Å². The van der Waals surface area contributed by atoms with Gasteiger partial charge in [-0.15, -0.1) is 0 Å². The van der Waals surface area contributed by atoms with E-state index in [1.807, 2.05) is 0 Å². The lowest BCUT2D eigenvalue weighted by atomic mass is 10.2. The molecule has 5 nitrogen and oxygen atoms in total. The smallest absolute Gasteiger partial charge is 0.371 e. The summed E-state index contributed by atoms with van der Waals surface area (Å²) >= 11 is 0. The van der Waals surface area contributed by atoms with Gasteiger partial charge in [0.1, 0.15) is 18.7 Å². The first-order valence-electron chi connectivity index (χ1n) is 5.29. The maximum absolute atomic E-state index is 12.7. The topological polar surface area (TPSA) is 76.7 Å². The number of carboxylic acid groups (broad SMARTS) is 1. The summed E-state index contributed by atoms with van der Waals surface area (Å²) in [7, 11) is 0. The van der Waals surface area contributed by atoms with Gasteiger partial charge in [-0.3, -0.25) is 4.79 Å². The van der Waals surface area contributed by atoms with E-state index < -0.39 is 17.2 Å². The quantitative estimate of drug-likeness (QED) is 0.914. The highest BCUT2D eigenvalue weighted by molar-refractivity contribution is 5.84. The van der Waals surface area contributed by atoms with Gasteiger partial charge in [-0.1, -0.05) is 12.1 Å². The molecule has 0 aliphatic heterocycles. The zero-order chi connectivity index (χ0) is 13.8. The second kappa shape index (κ2) is 5.34. The van der Waals surface area contributed by atoms with Gasteiger partial charge in [0.05, 0.1) is 0 Å². The normalized spacial score (nSPS) is 10.2. The van der Waals surface area contributed by atoms with Gasteiger partial charge in [-0.05, 0) is 17.7 Å². The SMILES string of the molecule is O=C(O)c1cc(=O)c(OCc2ccc(F)cc2)co1. The third-order valence-corrected chi connectivity index (χ3v) is 2.32. The Morgan fingerprint density at radius 1 is 1.32 bits per heavy atom. The zero-order valence-electron chi connectivity index (χ0n) is 9.63. The van der Waals surface area contributed by atoms with Gasteiger partial charge in [0, 0.05) is 6.07 Å². The van der Waals surface area contributed by atoms with Crippen molar-refractivity contribution in [1.82, 2.24) is 0 Å². The Balaban J connectivity index is 2.10. The molecule has 98 valence electrons. The molecule has 0 aliphatic carbocycles. The Hall–Kier alpha value is -2.63. The molecule has 0 saturated carbocycles. The van der Waals surface area contributed by atoms with Crippen LogP contribution in [0, 0.1) is 5.82 Å². The minimum absolute atomic E-state index is 0.0530. The van der Waals surface area contributed by atoms with E-state index in [4.69, 9.17) is 14.3 Å². The average molecular weight is 264 g/mol. The molecule has 1 aromatic heterocycles.